The van der Waals surface area contributed by atoms with Crippen LogP contribution < -0.4 is 10.8 Å². The van der Waals surface area contributed by atoms with Crippen molar-refractivity contribution in [2.45, 2.75) is 33.7 Å². The van der Waals surface area contributed by atoms with Gasteiger partial charge in [-0.15, -0.1) is 0 Å². The van der Waals surface area contributed by atoms with Gasteiger partial charge in [0.05, 0.1) is 0 Å². The molecule has 0 unspecified atom stereocenters. The third kappa shape index (κ3) is 6.31. The Morgan fingerprint density at radius 2 is 1.76 bits per heavy atom. The summed E-state index contributed by atoms with van der Waals surface area (Å²) >= 11 is 0. The fourth-order valence-electron chi connectivity index (χ4n) is 3.09. The van der Waals surface area contributed by atoms with Crippen molar-refractivity contribution < 1.29 is 10.0 Å². The summed E-state index contributed by atoms with van der Waals surface area (Å²) in [5.41, 5.74) is 7.56. The standard InChI is InChI=1S/C22H25N3O2.C2H6/c1-16-13-20-9-7-18(14-21(20)25(16)2)11-12-23-15-19-5-3-17(4-6-19)8-10-22(26)24-27;1-2/h3-10,13-14,23,27H,11-12,15H2,1-2H3,(H,24,26);1-2H3/b10-8+;. The van der Waals surface area contributed by atoms with Crippen LogP contribution in [-0.2, 0) is 24.8 Å². The Balaban J connectivity index is 0.00000145. The van der Waals surface area contributed by atoms with Crippen molar-refractivity contribution >= 4 is 22.9 Å². The lowest BCUT2D eigenvalue weighted by Crippen LogP contribution is -2.16. The number of fused-ring (bicyclic) bond motifs is 1. The van der Waals surface area contributed by atoms with Gasteiger partial charge < -0.3 is 9.88 Å². The molecule has 154 valence electrons. The number of nitrogens with zero attached hydrogens (tertiary/aromatic N) is 1. The molecule has 3 rings (SSSR count). The number of hydroxylamine groups is 1. The second-order valence-electron chi connectivity index (χ2n) is 6.72. The van der Waals surface area contributed by atoms with E-state index < -0.39 is 5.91 Å². The van der Waals surface area contributed by atoms with E-state index in [0.29, 0.717) is 0 Å². The third-order valence-electron chi connectivity index (χ3n) is 4.79. The van der Waals surface area contributed by atoms with Gasteiger partial charge in [0.15, 0.2) is 0 Å². The van der Waals surface area contributed by atoms with Crippen LogP contribution in [0.1, 0.15) is 36.2 Å². The summed E-state index contributed by atoms with van der Waals surface area (Å²) < 4.78 is 2.23. The summed E-state index contributed by atoms with van der Waals surface area (Å²) in [5.74, 6) is -0.538. The molecule has 0 radical (unpaired) electrons. The topological polar surface area (TPSA) is 66.3 Å². The first-order chi connectivity index (χ1) is 14.1. The molecule has 3 N–H and O–H groups in total. The average molecular weight is 394 g/mol. The van der Waals surface area contributed by atoms with E-state index in [4.69, 9.17) is 5.21 Å². The van der Waals surface area contributed by atoms with Crippen LogP contribution in [0.2, 0.25) is 0 Å². The smallest absolute Gasteiger partial charge is 0.267 e. The molecule has 1 heterocycles. The van der Waals surface area contributed by atoms with Crippen LogP contribution in [-0.4, -0.2) is 22.2 Å². The summed E-state index contributed by atoms with van der Waals surface area (Å²) in [6.45, 7) is 7.84. The Labute approximate surface area is 173 Å². The Kier molecular flexibility index (Phi) is 8.65. The van der Waals surface area contributed by atoms with Gasteiger partial charge in [0.25, 0.3) is 5.91 Å². The molecule has 0 aliphatic carbocycles. The van der Waals surface area contributed by atoms with Gasteiger partial charge in [0, 0.05) is 30.9 Å². The van der Waals surface area contributed by atoms with Crippen LogP contribution in [0.3, 0.4) is 0 Å². The van der Waals surface area contributed by atoms with Gasteiger partial charge in [-0.1, -0.05) is 50.2 Å². The van der Waals surface area contributed by atoms with Crippen molar-refractivity contribution in [3.05, 3.63) is 77.0 Å². The van der Waals surface area contributed by atoms with Crippen molar-refractivity contribution in [1.29, 1.82) is 0 Å². The van der Waals surface area contributed by atoms with Crippen LogP contribution in [0.15, 0.2) is 54.6 Å². The number of rotatable bonds is 7. The van der Waals surface area contributed by atoms with E-state index in [1.54, 1.807) is 11.6 Å². The molecule has 0 saturated carbocycles. The first-order valence-electron chi connectivity index (χ1n) is 10.0. The molecular weight excluding hydrogens is 362 g/mol. The number of carbonyl (C=O) groups is 1. The second-order valence-corrected chi connectivity index (χ2v) is 6.72. The summed E-state index contributed by atoms with van der Waals surface area (Å²) in [6, 6.07) is 16.8. The van der Waals surface area contributed by atoms with E-state index in [0.717, 1.165) is 25.1 Å². The quantitative estimate of drug-likeness (QED) is 0.242. The Morgan fingerprint density at radius 3 is 2.45 bits per heavy atom. The molecule has 0 aliphatic heterocycles. The predicted octanol–water partition coefficient (Wildman–Crippen LogP) is 4.36. The molecule has 1 amide bonds. The highest BCUT2D eigenvalue weighted by Gasteiger charge is 2.03. The van der Waals surface area contributed by atoms with E-state index in [-0.39, 0.29) is 0 Å². The van der Waals surface area contributed by atoms with Crippen molar-refractivity contribution in [2.75, 3.05) is 6.54 Å². The number of benzene rings is 2. The number of hydrogen-bond acceptors (Lipinski definition) is 3. The summed E-state index contributed by atoms with van der Waals surface area (Å²) in [5, 5.41) is 13.2. The van der Waals surface area contributed by atoms with Crippen LogP contribution >= 0.6 is 0 Å². The number of carbonyl (C=O) groups excluding carboxylic acids is 1. The van der Waals surface area contributed by atoms with Crippen LogP contribution in [0.25, 0.3) is 17.0 Å². The molecule has 5 nitrogen and oxygen atoms in total. The molecule has 1 aromatic heterocycles. The highest BCUT2D eigenvalue weighted by molar-refractivity contribution is 5.90. The molecule has 0 aliphatic rings. The molecule has 2 aromatic carbocycles. The zero-order valence-corrected chi connectivity index (χ0v) is 17.7. The molecule has 29 heavy (non-hydrogen) atoms. The number of aromatic nitrogens is 1. The van der Waals surface area contributed by atoms with Gasteiger partial charge in [0.1, 0.15) is 0 Å². The van der Waals surface area contributed by atoms with Gasteiger partial charge in [-0.25, -0.2) is 5.48 Å². The normalized spacial score (nSPS) is 10.8. The van der Waals surface area contributed by atoms with Gasteiger partial charge in [-0.05, 0) is 60.2 Å². The molecule has 0 saturated heterocycles. The zero-order chi connectivity index (χ0) is 21.2. The largest absolute Gasteiger partial charge is 0.348 e. The maximum absolute atomic E-state index is 11.0. The molecule has 0 spiro atoms. The predicted molar refractivity (Wildman–Crippen MR) is 120 cm³/mol. The van der Waals surface area contributed by atoms with E-state index in [1.165, 1.54) is 33.8 Å². The molecule has 0 atom stereocenters. The van der Waals surface area contributed by atoms with Gasteiger partial charge in [0.2, 0.25) is 0 Å². The summed E-state index contributed by atoms with van der Waals surface area (Å²) in [6.07, 6.45) is 3.93. The van der Waals surface area contributed by atoms with Crippen molar-refractivity contribution in [3.8, 4) is 0 Å². The molecule has 3 aromatic rings. The van der Waals surface area contributed by atoms with Gasteiger partial charge in [-0.3, -0.25) is 10.0 Å². The average Bonchev–Trinajstić information content (AvgIpc) is 3.05. The van der Waals surface area contributed by atoms with Crippen molar-refractivity contribution in [2.24, 2.45) is 7.05 Å². The molecule has 5 heteroatoms. The number of aryl methyl sites for hydroxylation is 2. The van der Waals surface area contributed by atoms with Crippen LogP contribution in [0, 0.1) is 6.92 Å². The Hall–Kier alpha value is -2.89. The summed E-state index contributed by atoms with van der Waals surface area (Å²) in [4.78, 5) is 11.0. The molecular formula is C24H31N3O2. The number of nitrogens with one attached hydrogen (secondary N) is 2. The minimum Gasteiger partial charge on any atom is -0.348 e. The minimum absolute atomic E-state index is 0.538. The van der Waals surface area contributed by atoms with Crippen LogP contribution in [0.4, 0.5) is 0 Å². The lowest BCUT2D eigenvalue weighted by Gasteiger charge is -2.07. The SMILES string of the molecule is CC.Cc1cc2ccc(CCNCc3ccc(/C=C/C(=O)NO)cc3)cc2n1C. The minimum atomic E-state index is -0.538. The maximum atomic E-state index is 11.0. The summed E-state index contributed by atoms with van der Waals surface area (Å²) in [7, 11) is 2.11. The number of amides is 1. The Morgan fingerprint density at radius 1 is 1.07 bits per heavy atom. The van der Waals surface area contributed by atoms with Crippen LogP contribution in [0.5, 0.6) is 0 Å². The van der Waals surface area contributed by atoms with E-state index >= 15 is 0 Å². The lowest BCUT2D eigenvalue weighted by molar-refractivity contribution is -0.124. The van der Waals surface area contributed by atoms with Crippen molar-refractivity contribution in [3.63, 3.8) is 0 Å². The first-order valence-corrected chi connectivity index (χ1v) is 10.0. The second kappa shape index (κ2) is 11.2. The molecule has 0 fully saturated rings. The third-order valence-corrected chi connectivity index (χ3v) is 4.79. The molecule has 0 bridgehead atoms. The van der Waals surface area contributed by atoms with E-state index in [2.05, 4.69) is 48.1 Å². The van der Waals surface area contributed by atoms with E-state index in [9.17, 15) is 4.79 Å². The lowest BCUT2D eigenvalue weighted by atomic mass is 10.1. The first kappa shape index (κ1) is 22.4. The number of hydrogen-bond donors (Lipinski definition) is 3. The fourth-order valence-corrected chi connectivity index (χ4v) is 3.09. The highest BCUT2D eigenvalue weighted by atomic mass is 16.5. The fraction of sp³-hybridized carbons (Fsp3) is 0.292. The Bertz CT molecular complexity index is 956. The van der Waals surface area contributed by atoms with E-state index in [1.807, 2.05) is 38.1 Å². The van der Waals surface area contributed by atoms with Gasteiger partial charge in [-0.2, -0.15) is 0 Å². The maximum Gasteiger partial charge on any atom is 0.267 e. The monoisotopic (exact) mass is 393 g/mol. The van der Waals surface area contributed by atoms with Gasteiger partial charge >= 0.3 is 0 Å². The zero-order valence-electron chi connectivity index (χ0n) is 17.7. The highest BCUT2D eigenvalue weighted by Crippen LogP contribution is 2.20. The van der Waals surface area contributed by atoms with Crippen molar-refractivity contribution in [1.82, 2.24) is 15.4 Å².